The highest BCUT2D eigenvalue weighted by molar-refractivity contribution is 7.99. The number of ether oxygens (including phenoxy) is 2. The van der Waals surface area contributed by atoms with Crippen LogP contribution in [0.4, 0.5) is 0 Å². The van der Waals surface area contributed by atoms with Gasteiger partial charge in [-0.2, -0.15) is 0 Å². The summed E-state index contributed by atoms with van der Waals surface area (Å²) in [5.74, 6) is -0.889. The molecule has 0 aromatic heterocycles. The van der Waals surface area contributed by atoms with E-state index in [-0.39, 0.29) is 13.2 Å². The van der Waals surface area contributed by atoms with Crippen LogP contribution >= 0.6 is 11.8 Å². The van der Waals surface area contributed by atoms with Gasteiger partial charge in [0.15, 0.2) is 0 Å². The number of carbonyl (C=O) groups excluding carboxylic acids is 2. The summed E-state index contributed by atoms with van der Waals surface area (Å²) in [5, 5.41) is 0. The van der Waals surface area contributed by atoms with Crippen LogP contribution in [-0.2, 0) is 32.3 Å². The Bertz CT molecular complexity index is 717. The number of esters is 2. The molecule has 2 aromatic rings. The second-order valence-corrected chi connectivity index (χ2v) is 6.17. The highest BCUT2D eigenvalue weighted by Gasteiger charge is 2.04. The van der Waals surface area contributed by atoms with Crippen molar-refractivity contribution in [3.05, 3.63) is 85.0 Å². The average molecular weight is 354 g/mol. The van der Waals surface area contributed by atoms with Crippen molar-refractivity contribution in [3.63, 3.8) is 0 Å². The second-order valence-electron chi connectivity index (χ2n) is 5.02. The van der Waals surface area contributed by atoms with Gasteiger partial charge in [-0.15, -0.1) is 0 Å². The maximum absolute atomic E-state index is 11.1. The summed E-state index contributed by atoms with van der Waals surface area (Å²) in [6, 6.07) is 15.5. The Morgan fingerprint density at radius 1 is 0.840 bits per heavy atom. The van der Waals surface area contributed by atoms with E-state index in [1.165, 1.54) is 0 Å². The third-order valence-corrected chi connectivity index (χ3v) is 4.11. The van der Waals surface area contributed by atoms with Crippen molar-refractivity contribution in [3.8, 4) is 0 Å². The van der Waals surface area contributed by atoms with Gasteiger partial charge in [0, 0.05) is 21.9 Å². The van der Waals surface area contributed by atoms with Crippen LogP contribution in [0.25, 0.3) is 0 Å². The number of benzene rings is 2. The molecule has 2 rings (SSSR count). The number of hydrogen-bond acceptors (Lipinski definition) is 5. The lowest BCUT2D eigenvalue weighted by Crippen LogP contribution is -2.00. The molecule has 25 heavy (non-hydrogen) atoms. The van der Waals surface area contributed by atoms with Crippen molar-refractivity contribution in [2.45, 2.75) is 23.0 Å². The lowest BCUT2D eigenvalue weighted by atomic mass is 10.2. The fraction of sp³-hybridized carbons (Fsp3) is 0.100. The SMILES string of the molecule is C=CC(=O)OCc1cccc(Sc2cccc(COC(=O)C=C)c2)c1. The summed E-state index contributed by atoms with van der Waals surface area (Å²) in [7, 11) is 0. The molecule has 0 aliphatic heterocycles. The Hall–Kier alpha value is -2.79. The first-order chi connectivity index (χ1) is 12.1. The van der Waals surface area contributed by atoms with E-state index in [0.717, 1.165) is 33.1 Å². The largest absolute Gasteiger partial charge is 0.458 e. The summed E-state index contributed by atoms with van der Waals surface area (Å²) in [5.41, 5.74) is 1.80. The summed E-state index contributed by atoms with van der Waals surface area (Å²) >= 11 is 1.57. The number of carbonyl (C=O) groups is 2. The molecule has 0 aliphatic carbocycles. The van der Waals surface area contributed by atoms with Crippen molar-refractivity contribution in [2.75, 3.05) is 0 Å². The normalized spacial score (nSPS) is 9.92. The second kappa shape index (κ2) is 9.49. The summed E-state index contributed by atoms with van der Waals surface area (Å²) in [6.07, 6.45) is 2.28. The van der Waals surface area contributed by atoms with E-state index < -0.39 is 11.9 Å². The molecular weight excluding hydrogens is 336 g/mol. The van der Waals surface area contributed by atoms with Crippen molar-refractivity contribution < 1.29 is 19.1 Å². The van der Waals surface area contributed by atoms with E-state index in [4.69, 9.17) is 9.47 Å². The average Bonchev–Trinajstić information content (AvgIpc) is 2.64. The van der Waals surface area contributed by atoms with E-state index in [0.29, 0.717) is 0 Å². The third-order valence-electron chi connectivity index (χ3n) is 3.13. The molecule has 0 amide bonds. The van der Waals surface area contributed by atoms with Gasteiger partial charge in [-0.3, -0.25) is 0 Å². The molecule has 0 spiro atoms. The maximum Gasteiger partial charge on any atom is 0.330 e. The zero-order valence-corrected chi connectivity index (χ0v) is 14.5. The Kier molecular flexibility index (Phi) is 7.04. The Morgan fingerprint density at radius 2 is 1.28 bits per heavy atom. The number of hydrogen-bond donors (Lipinski definition) is 0. The van der Waals surface area contributed by atoms with Crippen LogP contribution in [0.3, 0.4) is 0 Å². The van der Waals surface area contributed by atoms with Crippen LogP contribution < -0.4 is 0 Å². The van der Waals surface area contributed by atoms with Crippen molar-refractivity contribution in [1.29, 1.82) is 0 Å². The predicted molar refractivity (Wildman–Crippen MR) is 97.0 cm³/mol. The van der Waals surface area contributed by atoms with E-state index in [1.54, 1.807) is 11.8 Å². The molecule has 0 N–H and O–H groups in total. The molecule has 0 saturated carbocycles. The minimum atomic E-state index is -0.445. The van der Waals surface area contributed by atoms with Gasteiger partial charge in [0.25, 0.3) is 0 Å². The summed E-state index contributed by atoms with van der Waals surface area (Å²) in [6.45, 7) is 7.15. The van der Waals surface area contributed by atoms with E-state index in [9.17, 15) is 9.59 Å². The zero-order valence-electron chi connectivity index (χ0n) is 13.6. The molecule has 4 nitrogen and oxygen atoms in total. The fourth-order valence-electron chi connectivity index (χ4n) is 1.96. The first-order valence-electron chi connectivity index (χ1n) is 7.55. The monoisotopic (exact) mass is 354 g/mol. The third kappa shape index (κ3) is 6.31. The Balaban J connectivity index is 2.01. The molecule has 0 bridgehead atoms. The van der Waals surface area contributed by atoms with Crippen molar-refractivity contribution in [2.24, 2.45) is 0 Å². The highest BCUT2D eigenvalue weighted by Crippen LogP contribution is 2.29. The van der Waals surface area contributed by atoms with Crippen LogP contribution in [0, 0.1) is 0 Å². The Morgan fingerprint density at radius 3 is 1.68 bits per heavy atom. The standard InChI is InChI=1S/C20H18O4S/c1-3-19(21)23-13-15-7-5-9-17(11-15)25-18-10-6-8-16(12-18)14-24-20(22)4-2/h3-12H,1-2,13-14H2. The molecule has 0 unspecified atom stereocenters. The molecule has 0 radical (unpaired) electrons. The van der Waals surface area contributed by atoms with Crippen molar-refractivity contribution >= 4 is 23.7 Å². The van der Waals surface area contributed by atoms with Crippen LogP contribution in [0.1, 0.15) is 11.1 Å². The number of rotatable bonds is 8. The van der Waals surface area contributed by atoms with Gasteiger partial charge in [0.05, 0.1) is 0 Å². The molecule has 0 atom stereocenters. The summed E-state index contributed by atoms with van der Waals surface area (Å²) in [4.78, 5) is 24.3. The fourth-order valence-corrected chi connectivity index (χ4v) is 2.95. The van der Waals surface area contributed by atoms with Crippen LogP contribution in [0.15, 0.2) is 83.6 Å². The zero-order chi connectivity index (χ0) is 18.1. The van der Waals surface area contributed by atoms with Gasteiger partial charge >= 0.3 is 11.9 Å². The van der Waals surface area contributed by atoms with Crippen LogP contribution in [-0.4, -0.2) is 11.9 Å². The lowest BCUT2D eigenvalue weighted by molar-refractivity contribution is -0.139. The van der Waals surface area contributed by atoms with Gasteiger partial charge in [0.1, 0.15) is 13.2 Å². The van der Waals surface area contributed by atoms with Crippen LogP contribution in [0.2, 0.25) is 0 Å². The maximum atomic E-state index is 11.1. The van der Waals surface area contributed by atoms with Crippen molar-refractivity contribution in [1.82, 2.24) is 0 Å². The molecule has 0 heterocycles. The first kappa shape index (κ1) is 18.5. The van der Waals surface area contributed by atoms with Gasteiger partial charge < -0.3 is 9.47 Å². The smallest absolute Gasteiger partial charge is 0.330 e. The van der Waals surface area contributed by atoms with E-state index in [1.807, 2.05) is 48.5 Å². The van der Waals surface area contributed by atoms with E-state index >= 15 is 0 Å². The molecule has 0 aliphatic rings. The lowest BCUT2D eigenvalue weighted by Gasteiger charge is -2.07. The van der Waals surface area contributed by atoms with Crippen LogP contribution in [0.5, 0.6) is 0 Å². The minimum absolute atomic E-state index is 0.205. The molecule has 0 saturated heterocycles. The Labute approximate surface area is 151 Å². The van der Waals surface area contributed by atoms with E-state index in [2.05, 4.69) is 13.2 Å². The highest BCUT2D eigenvalue weighted by atomic mass is 32.2. The molecule has 5 heteroatoms. The molecule has 2 aromatic carbocycles. The topological polar surface area (TPSA) is 52.6 Å². The van der Waals surface area contributed by atoms with Gasteiger partial charge in [-0.1, -0.05) is 49.2 Å². The van der Waals surface area contributed by atoms with Gasteiger partial charge in [-0.25, -0.2) is 9.59 Å². The predicted octanol–water partition coefficient (Wildman–Crippen LogP) is 4.30. The molecule has 128 valence electrons. The molecular formula is C20H18O4S. The summed E-state index contributed by atoms with van der Waals surface area (Å²) < 4.78 is 10.1. The van der Waals surface area contributed by atoms with Gasteiger partial charge in [0.2, 0.25) is 0 Å². The quantitative estimate of drug-likeness (QED) is 0.523. The molecule has 0 fully saturated rings. The first-order valence-corrected chi connectivity index (χ1v) is 8.36. The minimum Gasteiger partial charge on any atom is -0.458 e. The van der Waals surface area contributed by atoms with Gasteiger partial charge in [-0.05, 0) is 35.4 Å².